The van der Waals surface area contributed by atoms with Crippen LogP contribution in [-0.2, 0) is 19.1 Å². The molecule has 0 unspecified atom stereocenters. The third kappa shape index (κ3) is 3.46. The number of imide groups is 1. The predicted octanol–water partition coefficient (Wildman–Crippen LogP) is 0.143. The molecule has 1 atom stereocenters. The number of hydrogen-bond donors (Lipinski definition) is 1. The number of nitrogens with one attached hydrogen (secondary N) is 1. The lowest BCUT2D eigenvalue weighted by Gasteiger charge is -2.19. The van der Waals surface area contributed by atoms with Crippen LogP contribution < -0.4 is 15.0 Å². The van der Waals surface area contributed by atoms with Crippen molar-refractivity contribution in [3.8, 4) is 5.75 Å². The Morgan fingerprint density at radius 1 is 1.27 bits per heavy atom. The number of methoxy groups -OCH3 is 1. The topological polar surface area (TPSA) is 105 Å². The van der Waals surface area contributed by atoms with Crippen LogP contribution in [0.4, 0.5) is 10.5 Å². The number of urea groups is 1. The number of ether oxygens (including phenoxy) is 2. The molecule has 1 N–H and O–H groups in total. The first kappa shape index (κ1) is 17.7. The highest BCUT2D eigenvalue weighted by molar-refractivity contribution is 6.01. The maximum Gasteiger partial charge on any atom is 0.324 e. The van der Waals surface area contributed by atoms with Crippen LogP contribution in [0, 0.1) is 5.92 Å². The summed E-state index contributed by atoms with van der Waals surface area (Å²) in [4.78, 5) is 50.3. The van der Waals surface area contributed by atoms with E-state index in [0.29, 0.717) is 18.0 Å². The highest BCUT2D eigenvalue weighted by atomic mass is 16.5. The van der Waals surface area contributed by atoms with Gasteiger partial charge in [0.2, 0.25) is 5.91 Å². The van der Waals surface area contributed by atoms with Gasteiger partial charge < -0.3 is 19.7 Å². The van der Waals surface area contributed by atoms with Crippen LogP contribution in [0.25, 0.3) is 0 Å². The van der Waals surface area contributed by atoms with E-state index in [4.69, 9.17) is 9.47 Å². The summed E-state index contributed by atoms with van der Waals surface area (Å²) in [6.45, 7) is 0.254. The average molecular weight is 361 g/mol. The largest absolute Gasteiger partial charge is 0.495 e. The first-order valence-corrected chi connectivity index (χ1v) is 8.19. The van der Waals surface area contributed by atoms with E-state index in [9.17, 15) is 19.2 Å². The van der Waals surface area contributed by atoms with Crippen molar-refractivity contribution in [3.63, 3.8) is 0 Å². The van der Waals surface area contributed by atoms with Crippen LogP contribution in [0.5, 0.6) is 5.75 Å². The lowest BCUT2D eigenvalue weighted by molar-refractivity contribution is -0.154. The smallest absolute Gasteiger partial charge is 0.324 e. The highest BCUT2D eigenvalue weighted by Gasteiger charge is 2.37. The second kappa shape index (κ2) is 7.42. The fourth-order valence-electron chi connectivity index (χ4n) is 2.99. The third-order valence-electron chi connectivity index (χ3n) is 4.33. The maximum atomic E-state index is 12.3. The number of anilines is 1. The van der Waals surface area contributed by atoms with E-state index < -0.39 is 30.4 Å². The molecule has 2 aliphatic rings. The number of amides is 4. The molecule has 0 bridgehead atoms. The van der Waals surface area contributed by atoms with Gasteiger partial charge in [-0.05, 0) is 12.1 Å². The first-order chi connectivity index (χ1) is 12.5. The Morgan fingerprint density at radius 2 is 2.04 bits per heavy atom. The third-order valence-corrected chi connectivity index (χ3v) is 4.33. The van der Waals surface area contributed by atoms with Gasteiger partial charge in [-0.15, -0.1) is 0 Å². The van der Waals surface area contributed by atoms with Crippen molar-refractivity contribution in [2.24, 2.45) is 5.92 Å². The summed E-state index contributed by atoms with van der Waals surface area (Å²) < 4.78 is 10.3. The lowest BCUT2D eigenvalue weighted by Crippen LogP contribution is -2.38. The van der Waals surface area contributed by atoms with Gasteiger partial charge in [0, 0.05) is 26.1 Å². The van der Waals surface area contributed by atoms with Crippen molar-refractivity contribution in [1.82, 2.24) is 10.2 Å². The van der Waals surface area contributed by atoms with Crippen molar-refractivity contribution >= 4 is 29.5 Å². The Morgan fingerprint density at radius 3 is 2.73 bits per heavy atom. The Bertz CT molecular complexity index is 750. The molecule has 9 heteroatoms. The minimum absolute atomic E-state index is 0.00469. The summed E-state index contributed by atoms with van der Waals surface area (Å²) in [7, 11) is 1.51. The van der Waals surface area contributed by atoms with E-state index in [-0.39, 0.29) is 25.4 Å². The first-order valence-electron chi connectivity index (χ1n) is 8.19. The number of esters is 1. The molecule has 0 aromatic heterocycles. The molecule has 0 spiro atoms. The van der Waals surface area contributed by atoms with Crippen LogP contribution in [0.15, 0.2) is 24.3 Å². The highest BCUT2D eigenvalue weighted by Crippen LogP contribution is 2.33. The van der Waals surface area contributed by atoms with Crippen LogP contribution in [0.2, 0.25) is 0 Å². The molecule has 0 saturated carbocycles. The molecule has 2 saturated heterocycles. The molecule has 26 heavy (non-hydrogen) atoms. The zero-order chi connectivity index (χ0) is 18.7. The van der Waals surface area contributed by atoms with Crippen LogP contribution in [-0.4, -0.2) is 62.1 Å². The average Bonchev–Trinajstić information content (AvgIpc) is 3.25. The Balaban J connectivity index is 1.59. The standard InChI is InChI=1S/C17H19N3O6/c1-25-13-5-3-2-4-12(13)20-9-11(8-14(20)21)16(23)26-10-15(22)19-7-6-18-17(19)24/h2-5,11H,6-10H2,1H3,(H,18,24)/t11-/m0/s1. The number of para-hydroxylation sites is 2. The van der Waals surface area contributed by atoms with Crippen LogP contribution >= 0.6 is 0 Å². The van der Waals surface area contributed by atoms with Gasteiger partial charge in [0.25, 0.3) is 5.91 Å². The van der Waals surface area contributed by atoms with E-state index in [1.165, 1.54) is 12.0 Å². The Kier molecular flexibility index (Phi) is 5.06. The molecule has 4 amide bonds. The van der Waals surface area contributed by atoms with Gasteiger partial charge >= 0.3 is 12.0 Å². The molecule has 2 heterocycles. The molecule has 1 aromatic rings. The maximum absolute atomic E-state index is 12.3. The summed E-state index contributed by atoms with van der Waals surface area (Å²) in [6.07, 6.45) is -0.00469. The number of hydrogen-bond acceptors (Lipinski definition) is 6. The van der Waals surface area contributed by atoms with Crippen molar-refractivity contribution in [2.45, 2.75) is 6.42 Å². The molecule has 1 aromatic carbocycles. The Hall–Kier alpha value is -3.10. The molecule has 2 fully saturated rings. The summed E-state index contributed by atoms with van der Waals surface area (Å²) in [5, 5.41) is 2.50. The molecular weight excluding hydrogens is 342 g/mol. The van der Waals surface area contributed by atoms with E-state index in [1.54, 1.807) is 24.3 Å². The summed E-state index contributed by atoms with van der Waals surface area (Å²) in [5.41, 5.74) is 0.583. The van der Waals surface area contributed by atoms with E-state index in [0.717, 1.165) is 4.90 Å². The predicted molar refractivity (Wildman–Crippen MR) is 89.5 cm³/mol. The molecule has 0 radical (unpaired) electrons. The quantitative estimate of drug-likeness (QED) is 0.748. The summed E-state index contributed by atoms with van der Waals surface area (Å²) in [6, 6.07) is 6.53. The SMILES string of the molecule is COc1ccccc1N1C[C@@H](C(=O)OCC(=O)N2CCNC2=O)CC1=O. The summed E-state index contributed by atoms with van der Waals surface area (Å²) in [5.74, 6) is -1.58. The zero-order valence-electron chi connectivity index (χ0n) is 14.3. The minimum atomic E-state index is -0.674. The van der Waals surface area contributed by atoms with Gasteiger partial charge in [0.05, 0.1) is 18.7 Å². The van der Waals surface area contributed by atoms with Crippen molar-refractivity contribution in [1.29, 1.82) is 0 Å². The molecular formula is C17H19N3O6. The molecule has 9 nitrogen and oxygen atoms in total. The second-order valence-corrected chi connectivity index (χ2v) is 5.96. The number of nitrogens with zero attached hydrogens (tertiary/aromatic N) is 2. The molecule has 0 aliphatic carbocycles. The van der Waals surface area contributed by atoms with E-state index >= 15 is 0 Å². The van der Waals surface area contributed by atoms with Gasteiger partial charge in [-0.1, -0.05) is 12.1 Å². The van der Waals surface area contributed by atoms with Crippen molar-refractivity contribution in [3.05, 3.63) is 24.3 Å². The van der Waals surface area contributed by atoms with E-state index in [1.807, 2.05) is 0 Å². The normalized spacial score (nSPS) is 19.5. The fourth-order valence-corrected chi connectivity index (χ4v) is 2.99. The van der Waals surface area contributed by atoms with Crippen molar-refractivity contribution < 1.29 is 28.7 Å². The molecule has 138 valence electrons. The Labute approximate surface area is 149 Å². The van der Waals surface area contributed by atoms with Gasteiger partial charge in [-0.25, -0.2) is 4.79 Å². The van der Waals surface area contributed by atoms with Crippen molar-refractivity contribution in [2.75, 3.05) is 38.3 Å². The number of benzene rings is 1. The van der Waals surface area contributed by atoms with Gasteiger partial charge in [-0.3, -0.25) is 19.3 Å². The molecule has 3 rings (SSSR count). The van der Waals surface area contributed by atoms with Crippen LogP contribution in [0.3, 0.4) is 0 Å². The molecule has 2 aliphatic heterocycles. The zero-order valence-corrected chi connectivity index (χ0v) is 14.3. The number of carbonyl (C=O) groups excluding carboxylic acids is 4. The summed E-state index contributed by atoms with van der Waals surface area (Å²) >= 11 is 0. The number of rotatable bonds is 5. The van der Waals surface area contributed by atoms with Gasteiger partial charge in [0.1, 0.15) is 5.75 Å². The fraction of sp³-hybridized carbons (Fsp3) is 0.412. The minimum Gasteiger partial charge on any atom is -0.495 e. The van der Waals surface area contributed by atoms with Crippen LogP contribution in [0.1, 0.15) is 6.42 Å². The van der Waals surface area contributed by atoms with Gasteiger partial charge in [0.15, 0.2) is 6.61 Å². The second-order valence-electron chi connectivity index (χ2n) is 5.96. The van der Waals surface area contributed by atoms with E-state index in [2.05, 4.69) is 5.32 Å². The lowest BCUT2D eigenvalue weighted by atomic mass is 10.1. The number of carbonyl (C=O) groups is 4. The van der Waals surface area contributed by atoms with Gasteiger partial charge in [-0.2, -0.15) is 0 Å². The monoisotopic (exact) mass is 361 g/mol.